The summed E-state index contributed by atoms with van der Waals surface area (Å²) in [4.78, 5) is 37.8. The fourth-order valence-electron chi connectivity index (χ4n) is 4.87. The zero-order valence-electron chi connectivity index (χ0n) is 11.8. The van der Waals surface area contributed by atoms with Gasteiger partial charge in [-0.15, -0.1) is 0 Å². The summed E-state index contributed by atoms with van der Waals surface area (Å²) >= 11 is 0. The highest BCUT2D eigenvalue weighted by Gasteiger charge is 2.60. The van der Waals surface area contributed by atoms with E-state index in [1.807, 2.05) is 0 Å². The lowest BCUT2D eigenvalue weighted by molar-refractivity contribution is -0.146. The van der Waals surface area contributed by atoms with Gasteiger partial charge in [0.15, 0.2) is 0 Å². The summed E-state index contributed by atoms with van der Waals surface area (Å²) in [6.07, 6.45) is 7.55. The number of fused-ring (bicyclic) bond motifs is 5. The molecule has 0 unspecified atom stereocenters. The topological polar surface area (TPSA) is 74.7 Å². The average Bonchev–Trinajstić information content (AvgIpc) is 3.13. The summed E-state index contributed by atoms with van der Waals surface area (Å²) < 4.78 is 0. The van der Waals surface area contributed by atoms with E-state index in [-0.39, 0.29) is 47.4 Å². The molecule has 0 aromatic heterocycles. The van der Waals surface area contributed by atoms with Crippen molar-refractivity contribution in [3.05, 3.63) is 12.2 Å². The lowest BCUT2D eigenvalue weighted by Gasteiger charge is -2.32. The molecule has 2 bridgehead atoms. The number of allylic oxidation sites excluding steroid dienone is 2. The normalized spacial score (nSPS) is 44.5. The van der Waals surface area contributed by atoms with E-state index in [9.17, 15) is 14.4 Å². The number of nitrogens with zero attached hydrogens (tertiary/aromatic N) is 1. The van der Waals surface area contributed by atoms with Gasteiger partial charge >= 0.3 is 5.97 Å². The highest BCUT2D eigenvalue weighted by Crippen LogP contribution is 2.53. The van der Waals surface area contributed by atoms with E-state index >= 15 is 0 Å². The maximum absolute atomic E-state index is 12.7. The van der Waals surface area contributed by atoms with Gasteiger partial charge in [-0.2, -0.15) is 0 Å². The molecule has 2 saturated carbocycles. The van der Waals surface area contributed by atoms with E-state index in [2.05, 4.69) is 12.2 Å². The highest BCUT2D eigenvalue weighted by molar-refractivity contribution is 6.06. The van der Waals surface area contributed by atoms with Crippen LogP contribution < -0.4 is 0 Å². The van der Waals surface area contributed by atoms with Crippen LogP contribution in [0.25, 0.3) is 0 Å². The molecular weight excluding hydrogens is 270 g/mol. The van der Waals surface area contributed by atoms with Crippen molar-refractivity contribution < 1.29 is 19.5 Å². The summed E-state index contributed by atoms with van der Waals surface area (Å²) in [6.45, 7) is 0. The lowest BCUT2D eigenvalue weighted by Crippen LogP contribution is -2.44. The van der Waals surface area contributed by atoms with Gasteiger partial charge in [-0.05, 0) is 43.9 Å². The Labute approximate surface area is 123 Å². The fourth-order valence-corrected chi connectivity index (χ4v) is 4.87. The van der Waals surface area contributed by atoms with E-state index < -0.39 is 5.97 Å². The Morgan fingerprint density at radius 3 is 2.00 bits per heavy atom. The standard InChI is InChI=1S/C16H19NO4/c18-14-12-9-1-2-10(7-9)13(12)15(19)17(14)11-5-3-8(4-6-11)16(20)21/h1-2,8-13H,3-7H2,(H,20,21)/t8?,9-,10-,11?,12-,13-/m0/s1. The lowest BCUT2D eigenvalue weighted by atomic mass is 9.85. The monoisotopic (exact) mass is 289 g/mol. The third-order valence-corrected chi connectivity index (χ3v) is 5.92. The number of carboxylic acid groups (broad SMARTS) is 1. The van der Waals surface area contributed by atoms with E-state index in [0.29, 0.717) is 25.7 Å². The molecule has 112 valence electrons. The SMILES string of the molecule is O=C(O)C1CCC(N2C(=O)[C@@H]3[C@@H](C2=O)[C@H]2C=C[C@H]3C2)CC1. The van der Waals surface area contributed by atoms with Gasteiger partial charge in [-0.3, -0.25) is 19.3 Å². The van der Waals surface area contributed by atoms with Crippen LogP contribution in [0.2, 0.25) is 0 Å². The fraction of sp³-hybridized carbons (Fsp3) is 0.688. The van der Waals surface area contributed by atoms with Crippen LogP contribution in [0.4, 0.5) is 0 Å². The van der Waals surface area contributed by atoms with Crippen LogP contribution in [0.5, 0.6) is 0 Å². The molecule has 3 fully saturated rings. The highest BCUT2D eigenvalue weighted by atomic mass is 16.4. The van der Waals surface area contributed by atoms with Gasteiger partial charge in [0, 0.05) is 6.04 Å². The number of amides is 2. The molecular formula is C16H19NO4. The van der Waals surface area contributed by atoms with Crippen molar-refractivity contribution in [2.24, 2.45) is 29.6 Å². The minimum atomic E-state index is -0.758. The first-order chi connectivity index (χ1) is 10.1. The van der Waals surface area contributed by atoms with E-state index in [1.165, 1.54) is 4.90 Å². The molecule has 1 saturated heterocycles. The number of hydrogen-bond donors (Lipinski definition) is 1. The molecule has 4 rings (SSSR count). The molecule has 3 aliphatic carbocycles. The molecule has 1 N–H and O–H groups in total. The zero-order valence-corrected chi connectivity index (χ0v) is 11.8. The number of hydrogen-bond acceptors (Lipinski definition) is 3. The van der Waals surface area contributed by atoms with Crippen LogP contribution >= 0.6 is 0 Å². The van der Waals surface area contributed by atoms with Crippen molar-refractivity contribution in [1.29, 1.82) is 0 Å². The summed E-state index contributed by atoms with van der Waals surface area (Å²) in [5, 5.41) is 9.05. The van der Waals surface area contributed by atoms with E-state index in [4.69, 9.17) is 5.11 Å². The van der Waals surface area contributed by atoms with Crippen LogP contribution in [0.3, 0.4) is 0 Å². The van der Waals surface area contributed by atoms with Crippen LogP contribution in [0, 0.1) is 29.6 Å². The maximum atomic E-state index is 12.7. The average molecular weight is 289 g/mol. The summed E-state index contributed by atoms with van der Waals surface area (Å²) in [5.74, 6) is -0.845. The number of rotatable bonds is 2. The Morgan fingerprint density at radius 2 is 1.52 bits per heavy atom. The maximum Gasteiger partial charge on any atom is 0.306 e. The molecule has 2 amide bonds. The molecule has 0 aromatic carbocycles. The van der Waals surface area contributed by atoms with Crippen molar-refractivity contribution in [2.45, 2.75) is 38.1 Å². The quantitative estimate of drug-likeness (QED) is 0.616. The van der Waals surface area contributed by atoms with Crippen LogP contribution in [-0.4, -0.2) is 33.8 Å². The zero-order chi connectivity index (χ0) is 14.7. The molecule has 0 aromatic rings. The van der Waals surface area contributed by atoms with Crippen molar-refractivity contribution >= 4 is 17.8 Å². The predicted molar refractivity (Wildman–Crippen MR) is 73.0 cm³/mol. The molecule has 1 aliphatic heterocycles. The first-order valence-electron chi connectivity index (χ1n) is 7.86. The molecule has 5 nitrogen and oxygen atoms in total. The van der Waals surface area contributed by atoms with Crippen molar-refractivity contribution in [2.75, 3.05) is 0 Å². The van der Waals surface area contributed by atoms with E-state index in [0.717, 1.165) is 6.42 Å². The van der Waals surface area contributed by atoms with Gasteiger partial charge < -0.3 is 5.11 Å². The summed E-state index contributed by atoms with van der Waals surface area (Å²) in [6, 6.07) is -0.0781. The number of carbonyl (C=O) groups excluding carboxylic acids is 2. The number of carboxylic acids is 1. The van der Waals surface area contributed by atoms with Gasteiger partial charge in [0.1, 0.15) is 0 Å². The summed E-state index contributed by atoms with van der Waals surface area (Å²) in [7, 11) is 0. The Balaban J connectivity index is 1.51. The van der Waals surface area contributed by atoms with Gasteiger partial charge in [0.2, 0.25) is 11.8 Å². The number of carbonyl (C=O) groups is 3. The third-order valence-electron chi connectivity index (χ3n) is 5.92. The van der Waals surface area contributed by atoms with Crippen LogP contribution in [-0.2, 0) is 14.4 Å². The molecule has 4 aliphatic rings. The first-order valence-corrected chi connectivity index (χ1v) is 7.86. The molecule has 5 heteroatoms. The van der Waals surface area contributed by atoms with Crippen LogP contribution in [0.15, 0.2) is 12.2 Å². The van der Waals surface area contributed by atoms with Crippen LogP contribution in [0.1, 0.15) is 32.1 Å². The molecule has 4 atom stereocenters. The predicted octanol–water partition coefficient (Wildman–Crippen LogP) is 1.44. The Morgan fingerprint density at radius 1 is 1.00 bits per heavy atom. The molecule has 1 heterocycles. The Bertz CT molecular complexity index is 516. The second kappa shape index (κ2) is 4.42. The van der Waals surface area contributed by atoms with Crippen molar-refractivity contribution in [3.63, 3.8) is 0 Å². The first kappa shape index (κ1) is 13.0. The second-order valence-corrected chi connectivity index (χ2v) is 6.89. The Kier molecular flexibility index (Phi) is 2.75. The minimum absolute atomic E-state index is 0.000579. The minimum Gasteiger partial charge on any atom is -0.481 e. The number of aliphatic carboxylic acids is 1. The van der Waals surface area contributed by atoms with Crippen molar-refractivity contribution in [3.8, 4) is 0 Å². The third kappa shape index (κ3) is 1.72. The van der Waals surface area contributed by atoms with Gasteiger partial charge in [-0.1, -0.05) is 12.2 Å². The Hall–Kier alpha value is -1.65. The van der Waals surface area contributed by atoms with E-state index in [1.54, 1.807) is 0 Å². The second-order valence-electron chi connectivity index (χ2n) is 6.89. The molecule has 21 heavy (non-hydrogen) atoms. The van der Waals surface area contributed by atoms with Gasteiger partial charge in [-0.25, -0.2) is 0 Å². The number of likely N-dealkylation sites (tertiary alicyclic amines) is 1. The number of imide groups is 1. The largest absolute Gasteiger partial charge is 0.481 e. The van der Waals surface area contributed by atoms with Crippen molar-refractivity contribution in [1.82, 2.24) is 4.90 Å². The summed E-state index contributed by atoms with van der Waals surface area (Å²) in [5.41, 5.74) is 0. The van der Waals surface area contributed by atoms with Gasteiger partial charge in [0.25, 0.3) is 0 Å². The molecule has 0 spiro atoms. The smallest absolute Gasteiger partial charge is 0.306 e. The van der Waals surface area contributed by atoms with Gasteiger partial charge in [0.05, 0.1) is 17.8 Å². The molecule has 0 radical (unpaired) electrons.